The summed E-state index contributed by atoms with van der Waals surface area (Å²) in [5.41, 5.74) is 1.36. The molecule has 2 aliphatic heterocycles. The highest BCUT2D eigenvalue weighted by molar-refractivity contribution is 6.36. The first-order valence-corrected chi connectivity index (χ1v) is 13.9. The van der Waals surface area contributed by atoms with Crippen LogP contribution in [0.1, 0.15) is 31.0 Å². The van der Waals surface area contributed by atoms with E-state index >= 15 is 4.39 Å². The van der Waals surface area contributed by atoms with E-state index in [0.717, 1.165) is 17.7 Å². The molecule has 5 heterocycles. The van der Waals surface area contributed by atoms with Gasteiger partial charge in [-0.2, -0.15) is 4.98 Å². The molecule has 6 rings (SSSR count). The summed E-state index contributed by atoms with van der Waals surface area (Å²) < 4.78 is 36.6. The number of carbonyl (C=O) groups is 1. The number of piperazine rings is 1. The third-order valence-corrected chi connectivity index (χ3v) is 8.03. The Hall–Kier alpha value is -4.38. The Bertz CT molecular complexity index is 1840. The second kappa shape index (κ2) is 10.5. The number of hydrogen-bond donors (Lipinski definition) is 0. The number of nitrogens with zero attached hydrogens (tertiary/aromatic N) is 6. The predicted molar refractivity (Wildman–Crippen MR) is 156 cm³/mol. The van der Waals surface area contributed by atoms with Crippen molar-refractivity contribution >= 4 is 34.4 Å². The van der Waals surface area contributed by atoms with E-state index in [1.807, 2.05) is 25.7 Å². The van der Waals surface area contributed by atoms with Crippen molar-refractivity contribution in [1.29, 1.82) is 0 Å². The Morgan fingerprint density at radius 3 is 2.71 bits per heavy atom. The Morgan fingerprint density at radius 2 is 2.00 bits per heavy atom. The van der Waals surface area contributed by atoms with E-state index in [4.69, 9.17) is 21.3 Å². The summed E-state index contributed by atoms with van der Waals surface area (Å²) in [5, 5.41) is 0.363. The summed E-state index contributed by atoms with van der Waals surface area (Å²) in [6.07, 6.45) is 2.93. The molecule has 1 atom stereocenters. The highest BCUT2D eigenvalue weighted by Crippen LogP contribution is 2.45. The minimum Gasteiger partial charge on any atom is -0.489 e. The third-order valence-electron chi connectivity index (χ3n) is 7.68. The lowest BCUT2D eigenvalue weighted by Gasteiger charge is -2.40. The molecule has 0 radical (unpaired) electrons. The van der Waals surface area contributed by atoms with E-state index in [9.17, 15) is 14.0 Å². The molecule has 1 saturated heterocycles. The second-order valence-corrected chi connectivity index (χ2v) is 11.0. The molecule has 1 fully saturated rings. The number of ether oxygens (including phenoxy) is 1. The fourth-order valence-electron chi connectivity index (χ4n) is 5.66. The molecule has 1 amide bonds. The van der Waals surface area contributed by atoms with Crippen LogP contribution in [0.25, 0.3) is 28.0 Å². The van der Waals surface area contributed by atoms with Gasteiger partial charge in [0.05, 0.1) is 23.1 Å². The zero-order valence-corrected chi connectivity index (χ0v) is 24.0. The molecule has 0 bridgehead atoms. The van der Waals surface area contributed by atoms with Gasteiger partial charge in [-0.15, -0.1) is 0 Å². The smallest absolute Gasteiger partial charge is 0.355 e. The van der Waals surface area contributed by atoms with Gasteiger partial charge in [0.15, 0.2) is 11.4 Å². The Balaban J connectivity index is 1.70. The highest BCUT2D eigenvalue weighted by atomic mass is 35.5. The van der Waals surface area contributed by atoms with Crippen LogP contribution < -0.4 is 15.3 Å². The lowest BCUT2D eigenvalue weighted by atomic mass is 10.0. The van der Waals surface area contributed by atoms with E-state index in [1.165, 1.54) is 16.7 Å². The number of pyridine rings is 2. The molecule has 0 saturated carbocycles. The maximum absolute atomic E-state index is 15.1. The summed E-state index contributed by atoms with van der Waals surface area (Å²) in [6.45, 7) is 10.5. The molecule has 0 spiro atoms. The fraction of sp³-hybridized carbons (Fsp3) is 0.300. The van der Waals surface area contributed by atoms with E-state index in [1.54, 1.807) is 17.2 Å². The second-order valence-electron chi connectivity index (χ2n) is 10.6. The van der Waals surface area contributed by atoms with Crippen LogP contribution in [0, 0.1) is 18.6 Å². The summed E-state index contributed by atoms with van der Waals surface area (Å²) in [4.78, 5) is 43.8. The van der Waals surface area contributed by atoms with Crippen molar-refractivity contribution in [1.82, 2.24) is 24.4 Å². The maximum atomic E-state index is 15.1. The zero-order chi connectivity index (χ0) is 29.9. The summed E-state index contributed by atoms with van der Waals surface area (Å²) in [7, 11) is 0. The molecule has 4 aromatic rings. The lowest BCUT2D eigenvalue weighted by Crippen LogP contribution is -2.56. The molecule has 9 nitrogen and oxygen atoms in total. The molecule has 0 unspecified atom stereocenters. The number of hydrogen-bond acceptors (Lipinski definition) is 7. The molecule has 42 heavy (non-hydrogen) atoms. The Morgan fingerprint density at radius 1 is 1.21 bits per heavy atom. The van der Waals surface area contributed by atoms with E-state index < -0.39 is 17.3 Å². The molecular formula is C30H27ClF2N6O3. The third kappa shape index (κ3) is 4.39. The van der Waals surface area contributed by atoms with Crippen LogP contribution in [0.2, 0.25) is 5.02 Å². The van der Waals surface area contributed by atoms with Crippen molar-refractivity contribution in [2.75, 3.05) is 31.1 Å². The van der Waals surface area contributed by atoms with Crippen molar-refractivity contribution in [3.05, 3.63) is 81.5 Å². The number of fused-ring (bicyclic) bond motifs is 2. The highest BCUT2D eigenvalue weighted by Gasteiger charge is 2.37. The van der Waals surface area contributed by atoms with E-state index in [2.05, 4.69) is 16.5 Å². The first kappa shape index (κ1) is 27.8. The molecule has 3 aromatic heterocycles. The topological polar surface area (TPSA) is 93.5 Å². The van der Waals surface area contributed by atoms with Crippen molar-refractivity contribution in [3.63, 3.8) is 0 Å². The zero-order valence-electron chi connectivity index (χ0n) is 23.2. The average molecular weight is 593 g/mol. The van der Waals surface area contributed by atoms with Crippen molar-refractivity contribution in [2.24, 2.45) is 0 Å². The van der Waals surface area contributed by atoms with Crippen LogP contribution in [-0.4, -0.2) is 62.6 Å². The quantitative estimate of drug-likeness (QED) is 0.314. The van der Waals surface area contributed by atoms with Gasteiger partial charge in [0.1, 0.15) is 34.5 Å². The van der Waals surface area contributed by atoms with Gasteiger partial charge < -0.3 is 14.5 Å². The average Bonchev–Trinajstić information content (AvgIpc) is 3.12. The van der Waals surface area contributed by atoms with Crippen LogP contribution in [0.5, 0.6) is 5.75 Å². The number of rotatable bonds is 4. The molecule has 0 aliphatic carbocycles. The van der Waals surface area contributed by atoms with Gasteiger partial charge in [-0.1, -0.05) is 32.0 Å². The number of amides is 1. The van der Waals surface area contributed by atoms with Crippen LogP contribution in [0.15, 0.2) is 47.9 Å². The first-order valence-electron chi connectivity index (χ1n) is 13.5. The monoisotopic (exact) mass is 592 g/mol. The number of carbonyl (C=O) groups excluding carboxylic acids is 1. The minimum atomic E-state index is -0.871. The van der Waals surface area contributed by atoms with Gasteiger partial charge in [0.2, 0.25) is 5.91 Å². The van der Waals surface area contributed by atoms with Gasteiger partial charge in [0, 0.05) is 37.5 Å². The minimum absolute atomic E-state index is 0.00730. The fourth-order valence-corrected chi connectivity index (χ4v) is 5.95. The Labute approximate surface area is 245 Å². The van der Waals surface area contributed by atoms with Gasteiger partial charge in [-0.05, 0) is 42.7 Å². The van der Waals surface area contributed by atoms with Crippen LogP contribution >= 0.6 is 11.6 Å². The van der Waals surface area contributed by atoms with Crippen LogP contribution in [0.3, 0.4) is 0 Å². The van der Waals surface area contributed by atoms with E-state index in [-0.39, 0.29) is 52.2 Å². The number of anilines is 1. The van der Waals surface area contributed by atoms with Gasteiger partial charge in [-0.25, -0.2) is 23.1 Å². The van der Waals surface area contributed by atoms with Crippen LogP contribution in [0.4, 0.5) is 14.6 Å². The Kier molecular flexibility index (Phi) is 6.92. The number of aryl methyl sites for hydroxylation is 1. The molecule has 12 heteroatoms. The number of benzene rings is 1. The van der Waals surface area contributed by atoms with Crippen LogP contribution in [-0.2, 0) is 4.79 Å². The molecular weight excluding hydrogens is 566 g/mol. The van der Waals surface area contributed by atoms with Crippen molar-refractivity contribution < 1.29 is 18.3 Å². The molecule has 216 valence electrons. The van der Waals surface area contributed by atoms with E-state index in [0.29, 0.717) is 42.2 Å². The summed E-state index contributed by atoms with van der Waals surface area (Å²) in [5.74, 6) is -1.43. The largest absolute Gasteiger partial charge is 0.489 e. The van der Waals surface area contributed by atoms with Gasteiger partial charge >= 0.3 is 5.69 Å². The number of halogens is 3. The molecule has 0 N–H and O–H groups in total. The van der Waals surface area contributed by atoms with Crippen molar-refractivity contribution in [2.45, 2.75) is 32.7 Å². The standard InChI is InChI=1S/C30H27ClF2N6O3/c1-5-21(40)37-10-11-38-18(13-37)14-42-27-22-28(38)36-30(41)39(26-16(4)8-9-34-24(26)15(2)3)29(22)35-25(23(27)31)19-7-6-17(32)12-20(19)33/h5-9,12,15,18H,1,10-11,13-14H2,2-4H3/t18-/m0/s1. The normalized spacial score (nSPS) is 16.3. The lowest BCUT2D eigenvalue weighted by molar-refractivity contribution is -0.126. The molecule has 1 aromatic carbocycles. The predicted octanol–water partition coefficient (Wildman–Crippen LogP) is 4.80. The SMILES string of the molecule is C=CC(=O)N1CCN2c3nc(=O)n(-c4c(C)ccnc4C(C)C)c4nc(-c5ccc(F)cc5F)c(Cl)c(c34)OC[C@@H]2C1. The summed E-state index contributed by atoms with van der Waals surface area (Å²) in [6, 6.07) is 4.52. The first-order chi connectivity index (χ1) is 20.1. The van der Waals surface area contributed by atoms with Gasteiger partial charge in [-0.3, -0.25) is 9.78 Å². The van der Waals surface area contributed by atoms with Crippen molar-refractivity contribution in [3.8, 4) is 22.7 Å². The molecule has 2 aliphatic rings. The van der Waals surface area contributed by atoms with Gasteiger partial charge in [0.25, 0.3) is 0 Å². The maximum Gasteiger partial charge on any atom is 0.355 e. The summed E-state index contributed by atoms with van der Waals surface area (Å²) >= 11 is 6.89. The number of aromatic nitrogens is 4.